The Bertz CT molecular complexity index is 402. The summed E-state index contributed by atoms with van der Waals surface area (Å²) in [6.45, 7) is 6.28. The van der Waals surface area contributed by atoms with Crippen LogP contribution in [-0.2, 0) is 4.74 Å². The third kappa shape index (κ3) is 4.76. The minimum absolute atomic E-state index is 0.457. The fourth-order valence-electron chi connectivity index (χ4n) is 2.81. The van der Waals surface area contributed by atoms with Crippen LogP contribution in [0.15, 0.2) is 24.3 Å². The molecule has 2 unspecified atom stereocenters. The lowest BCUT2D eigenvalue weighted by Crippen LogP contribution is -2.28. The Morgan fingerprint density at radius 2 is 2.15 bits per heavy atom. The Balaban J connectivity index is 1.97. The van der Waals surface area contributed by atoms with Gasteiger partial charge in [0.25, 0.3) is 0 Å². The van der Waals surface area contributed by atoms with Crippen LogP contribution in [0.1, 0.15) is 51.0 Å². The zero-order valence-electron chi connectivity index (χ0n) is 12.6. The Labute approximate surface area is 127 Å². The molecular weight excluding hydrogens is 270 g/mol. The molecule has 2 nitrogen and oxygen atoms in total. The van der Waals surface area contributed by atoms with Gasteiger partial charge in [-0.2, -0.15) is 0 Å². The molecule has 1 aromatic carbocycles. The van der Waals surface area contributed by atoms with Crippen LogP contribution >= 0.6 is 11.6 Å². The second-order valence-electron chi connectivity index (χ2n) is 5.99. The lowest BCUT2D eigenvalue weighted by atomic mass is 9.92. The van der Waals surface area contributed by atoms with Crippen molar-refractivity contribution in [1.29, 1.82) is 0 Å². The van der Waals surface area contributed by atoms with E-state index in [0.717, 1.165) is 31.0 Å². The quantitative estimate of drug-likeness (QED) is 0.806. The molecule has 3 heteroatoms. The minimum Gasteiger partial charge on any atom is -0.378 e. The monoisotopic (exact) mass is 295 g/mol. The largest absolute Gasteiger partial charge is 0.378 e. The molecule has 0 amide bonds. The smallest absolute Gasteiger partial charge is 0.0576 e. The van der Waals surface area contributed by atoms with Gasteiger partial charge in [0.2, 0.25) is 0 Å². The highest BCUT2D eigenvalue weighted by Gasteiger charge is 2.20. The molecule has 0 radical (unpaired) electrons. The van der Waals surface area contributed by atoms with Crippen molar-refractivity contribution in [1.82, 2.24) is 5.32 Å². The first-order valence-electron chi connectivity index (χ1n) is 7.76. The summed E-state index contributed by atoms with van der Waals surface area (Å²) in [7, 11) is 0. The summed E-state index contributed by atoms with van der Waals surface area (Å²) < 4.78 is 5.74. The SMILES string of the molecule is CC(C)NCC(CCC1CCCO1)c1ccccc1Cl. The van der Waals surface area contributed by atoms with Gasteiger partial charge in [-0.05, 0) is 43.2 Å². The third-order valence-corrected chi connectivity index (χ3v) is 4.32. The topological polar surface area (TPSA) is 21.3 Å². The summed E-state index contributed by atoms with van der Waals surface area (Å²) >= 11 is 6.37. The Hall–Kier alpha value is -0.570. The van der Waals surface area contributed by atoms with Gasteiger partial charge in [0.05, 0.1) is 6.10 Å². The van der Waals surface area contributed by atoms with E-state index in [1.165, 1.54) is 18.4 Å². The van der Waals surface area contributed by atoms with E-state index < -0.39 is 0 Å². The molecule has 1 aliphatic heterocycles. The minimum atomic E-state index is 0.457. The molecule has 0 aromatic heterocycles. The van der Waals surface area contributed by atoms with Crippen LogP contribution in [0.5, 0.6) is 0 Å². The summed E-state index contributed by atoms with van der Waals surface area (Å²) in [5, 5.41) is 4.43. The first kappa shape index (κ1) is 15.8. The van der Waals surface area contributed by atoms with Crippen LogP contribution in [0.3, 0.4) is 0 Å². The van der Waals surface area contributed by atoms with Crippen molar-refractivity contribution in [3.05, 3.63) is 34.9 Å². The highest BCUT2D eigenvalue weighted by molar-refractivity contribution is 6.31. The molecule has 2 atom stereocenters. The van der Waals surface area contributed by atoms with Crippen LogP contribution < -0.4 is 5.32 Å². The highest BCUT2D eigenvalue weighted by atomic mass is 35.5. The summed E-state index contributed by atoms with van der Waals surface area (Å²) in [5.41, 5.74) is 1.26. The number of nitrogens with one attached hydrogen (secondary N) is 1. The first-order valence-corrected chi connectivity index (χ1v) is 8.14. The van der Waals surface area contributed by atoms with E-state index in [-0.39, 0.29) is 0 Å². The highest BCUT2D eigenvalue weighted by Crippen LogP contribution is 2.30. The maximum Gasteiger partial charge on any atom is 0.0576 e. The predicted molar refractivity (Wildman–Crippen MR) is 85.5 cm³/mol. The van der Waals surface area contributed by atoms with Gasteiger partial charge in [-0.1, -0.05) is 43.6 Å². The van der Waals surface area contributed by atoms with Crippen LogP contribution in [0.4, 0.5) is 0 Å². The van der Waals surface area contributed by atoms with Gasteiger partial charge in [-0.25, -0.2) is 0 Å². The Morgan fingerprint density at radius 1 is 1.35 bits per heavy atom. The lowest BCUT2D eigenvalue weighted by molar-refractivity contribution is 0.100. The van der Waals surface area contributed by atoms with E-state index in [1.54, 1.807) is 0 Å². The molecule has 0 spiro atoms. The molecule has 20 heavy (non-hydrogen) atoms. The number of halogens is 1. The van der Waals surface area contributed by atoms with Crippen LogP contribution in [-0.4, -0.2) is 25.3 Å². The number of hydrogen-bond acceptors (Lipinski definition) is 2. The van der Waals surface area contributed by atoms with E-state index in [4.69, 9.17) is 16.3 Å². The van der Waals surface area contributed by atoms with Gasteiger partial charge >= 0.3 is 0 Å². The van der Waals surface area contributed by atoms with Gasteiger partial charge < -0.3 is 10.1 Å². The van der Waals surface area contributed by atoms with Crippen molar-refractivity contribution >= 4 is 11.6 Å². The molecule has 0 aliphatic carbocycles. The van der Waals surface area contributed by atoms with Crippen molar-refractivity contribution in [2.45, 2.75) is 57.6 Å². The second-order valence-corrected chi connectivity index (χ2v) is 6.40. The lowest BCUT2D eigenvalue weighted by Gasteiger charge is -2.22. The van der Waals surface area contributed by atoms with E-state index in [0.29, 0.717) is 18.1 Å². The van der Waals surface area contributed by atoms with Crippen molar-refractivity contribution in [3.8, 4) is 0 Å². The number of rotatable bonds is 7. The zero-order chi connectivity index (χ0) is 14.4. The molecule has 2 rings (SSSR count). The van der Waals surface area contributed by atoms with Crippen molar-refractivity contribution < 1.29 is 4.74 Å². The molecule has 112 valence electrons. The van der Waals surface area contributed by atoms with E-state index >= 15 is 0 Å². The molecule has 1 fully saturated rings. The third-order valence-electron chi connectivity index (χ3n) is 3.98. The van der Waals surface area contributed by atoms with E-state index in [9.17, 15) is 0 Å². The summed E-state index contributed by atoms with van der Waals surface area (Å²) in [6, 6.07) is 8.73. The van der Waals surface area contributed by atoms with Crippen LogP contribution in [0, 0.1) is 0 Å². The average Bonchev–Trinajstić information content (AvgIpc) is 2.93. The Kier molecular flexibility index (Phi) is 6.34. The summed E-state index contributed by atoms with van der Waals surface area (Å²) in [5.74, 6) is 0.468. The molecule has 1 heterocycles. The van der Waals surface area contributed by atoms with Gasteiger partial charge in [-0.3, -0.25) is 0 Å². The molecule has 1 N–H and O–H groups in total. The Morgan fingerprint density at radius 3 is 2.80 bits per heavy atom. The molecule has 1 saturated heterocycles. The molecule has 1 aromatic rings. The fraction of sp³-hybridized carbons (Fsp3) is 0.647. The number of ether oxygens (including phenoxy) is 1. The van der Waals surface area contributed by atoms with Crippen molar-refractivity contribution in [3.63, 3.8) is 0 Å². The van der Waals surface area contributed by atoms with Gasteiger partial charge in [0.1, 0.15) is 0 Å². The molecular formula is C17H26ClNO. The molecule has 1 aliphatic rings. The standard InChI is InChI=1S/C17H26ClNO/c1-13(2)19-12-14(9-10-15-6-5-11-20-15)16-7-3-4-8-17(16)18/h3-4,7-8,13-15,19H,5-6,9-12H2,1-2H3. The predicted octanol–water partition coefficient (Wildman–Crippen LogP) is 4.38. The molecule has 0 bridgehead atoms. The number of hydrogen-bond donors (Lipinski definition) is 1. The van der Waals surface area contributed by atoms with Gasteiger partial charge in [0.15, 0.2) is 0 Å². The van der Waals surface area contributed by atoms with Crippen molar-refractivity contribution in [2.24, 2.45) is 0 Å². The molecule has 0 saturated carbocycles. The first-order chi connectivity index (χ1) is 9.66. The van der Waals surface area contributed by atoms with E-state index in [1.807, 2.05) is 12.1 Å². The normalized spacial score (nSPS) is 20.5. The maximum atomic E-state index is 6.37. The van der Waals surface area contributed by atoms with Crippen LogP contribution in [0.2, 0.25) is 5.02 Å². The van der Waals surface area contributed by atoms with E-state index in [2.05, 4.69) is 31.3 Å². The van der Waals surface area contributed by atoms with Gasteiger partial charge in [0, 0.05) is 24.2 Å². The zero-order valence-corrected chi connectivity index (χ0v) is 13.3. The summed E-state index contributed by atoms with van der Waals surface area (Å²) in [6.07, 6.45) is 5.15. The maximum absolute atomic E-state index is 6.37. The second kappa shape index (κ2) is 8.02. The van der Waals surface area contributed by atoms with Crippen LogP contribution in [0.25, 0.3) is 0 Å². The summed E-state index contributed by atoms with van der Waals surface area (Å²) in [4.78, 5) is 0. The van der Waals surface area contributed by atoms with Crippen molar-refractivity contribution in [2.75, 3.05) is 13.2 Å². The van der Waals surface area contributed by atoms with Gasteiger partial charge in [-0.15, -0.1) is 0 Å². The number of benzene rings is 1. The fourth-order valence-corrected chi connectivity index (χ4v) is 3.10. The average molecular weight is 296 g/mol.